The summed E-state index contributed by atoms with van der Waals surface area (Å²) in [5.41, 5.74) is 3.05. The van der Waals surface area contributed by atoms with E-state index in [0.29, 0.717) is 5.02 Å². The number of anilines is 1. The molecular weight excluding hydrogens is 198 g/mol. The van der Waals surface area contributed by atoms with E-state index in [0.717, 1.165) is 22.5 Å². The predicted molar refractivity (Wildman–Crippen MR) is 60.0 cm³/mol. The van der Waals surface area contributed by atoms with Gasteiger partial charge in [0.2, 0.25) is 5.95 Å². The Morgan fingerprint density at radius 3 is 2.79 bits per heavy atom. The molecule has 1 aromatic carbocycles. The molecule has 3 nitrogen and oxygen atoms in total. The molecule has 0 saturated carbocycles. The van der Waals surface area contributed by atoms with Crippen LogP contribution in [0.4, 0.5) is 5.95 Å². The predicted octanol–water partition coefficient (Wildman–Crippen LogP) is 2.58. The molecule has 1 N–H and O–H groups in total. The number of nitrogens with zero attached hydrogens (tertiary/aromatic N) is 2. The number of hydrogen-bond acceptors (Lipinski definition) is 2. The van der Waals surface area contributed by atoms with Crippen LogP contribution >= 0.6 is 11.6 Å². The fourth-order valence-electron chi connectivity index (χ4n) is 1.60. The van der Waals surface area contributed by atoms with E-state index in [2.05, 4.69) is 16.4 Å². The lowest BCUT2D eigenvalue weighted by Gasteiger charge is -2.00. The van der Waals surface area contributed by atoms with Gasteiger partial charge in [0.15, 0.2) is 0 Å². The summed E-state index contributed by atoms with van der Waals surface area (Å²) in [6.45, 7) is 2.03. The third-order valence-electron chi connectivity index (χ3n) is 2.31. The second kappa shape index (κ2) is 3.17. The van der Waals surface area contributed by atoms with E-state index >= 15 is 0 Å². The van der Waals surface area contributed by atoms with E-state index in [1.807, 2.05) is 31.7 Å². The summed E-state index contributed by atoms with van der Waals surface area (Å²) < 4.78 is 1.99. The summed E-state index contributed by atoms with van der Waals surface area (Å²) in [6.07, 6.45) is 0. The Morgan fingerprint density at radius 2 is 2.14 bits per heavy atom. The van der Waals surface area contributed by atoms with Gasteiger partial charge in [0.1, 0.15) is 5.52 Å². The van der Waals surface area contributed by atoms with Gasteiger partial charge in [-0.25, -0.2) is 4.98 Å². The number of halogens is 1. The second-order valence-electron chi connectivity index (χ2n) is 3.36. The lowest BCUT2D eigenvalue weighted by atomic mass is 10.2. The molecule has 4 heteroatoms. The first-order valence-corrected chi connectivity index (χ1v) is 4.81. The molecule has 1 aromatic heterocycles. The Labute approximate surface area is 87.7 Å². The first kappa shape index (κ1) is 9.34. The highest BCUT2D eigenvalue weighted by Gasteiger charge is 2.09. The summed E-state index contributed by atoms with van der Waals surface area (Å²) in [5, 5.41) is 3.73. The zero-order chi connectivity index (χ0) is 10.3. The largest absolute Gasteiger partial charge is 0.359 e. The van der Waals surface area contributed by atoms with Crippen LogP contribution in [0.25, 0.3) is 11.0 Å². The molecule has 0 radical (unpaired) electrons. The standard InChI is InChI=1S/C10H12ClN3/c1-6-4-7(11)9-8(5-6)14(3)10(12-2)13-9/h4-5H,1-3H3,(H,12,13). The van der Waals surface area contributed by atoms with Crippen LogP contribution in [-0.2, 0) is 7.05 Å². The van der Waals surface area contributed by atoms with Gasteiger partial charge in [0.05, 0.1) is 10.5 Å². The van der Waals surface area contributed by atoms with Crippen molar-refractivity contribution < 1.29 is 0 Å². The Kier molecular flexibility index (Phi) is 2.11. The van der Waals surface area contributed by atoms with Crippen molar-refractivity contribution in [2.24, 2.45) is 7.05 Å². The average Bonchev–Trinajstić information content (AvgIpc) is 2.44. The molecule has 0 aliphatic carbocycles. The molecule has 74 valence electrons. The van der Waals surface area contributed by atoms with Crippen LogP contribution in [0, 0.1) is 6.92 Å². The number of aryl methyl sites for hydroxylation is 2. The summed E-state index contributed by atoms with van der Waals surface area (Å²) >= 11 is 6.10. The molecule has 0 saturated heterocycles. The van der Waals surface area contributed by atoms with Gasteiger partial charge in [-0.3, -0.25) is 0 Å². The van der Waals surface area contributed by atoms with Crippen molar-refractivity contribution in [1.29, 1.82) is 0 Å². The minimum atomic E-state index is 0.706. The van der Waals surface area contributed by atoms with Crippen LogP contribution in [0.5, 0.6) is 0 Å². The van der Waals surface area contributed by atoms with Crippen molar-refractivity contribution in [2.45, 2.75) is 6.92 Å². The van der Waals surface area contributed by atoms with E-state index in [1.165, 1.54) is 0 Å². The topological polar surface area (TPSA) is 29.9 Å². The normalized spacial score (nSPS) is 10.9. The molecule has 0 unspecified atom stereocenters. The fourth-order valence-corrected chi connectivity index (χ4v) is 1.91. The van der Waals surface area contributed by atoms with E-state index in [-0.39, 0.29) is 0 Å². The SMILES string of the molecule is CNc1nc2c(Cl)cc(C)cc2n1C. The lowest BCUT2D eigenvalue weighted by Crippen LogP contribution is -1.97. The third-order valence-corrected chi connectivity index (χ3v) is 2.60. The molecular formula is C10H12ClN3. The zero-order valence-corrected chi connectivity index (χ0v) is 9.18. The maximum Gasteiger partial charge on any atom is 0.203 e. The molecule has 0 fully saturated rings. The Bertz CT molecular complexity index is 488. The quantitative estimate of drug-likeness (QED) is 0.783. The maximum atomic E-state index is 6.10. The molecule has 14 heavy (non-hydrogen) atoms. The molecule has 0 bridgehead atoms. The van der Waals surface area contributed by atoms with Gasteiger partial charge in [0, 0.05) is 14.1 Å². The fraction of sp³-hybridized carbons (Fsp3) is 0.300. The number of fused-ring (bicyclic) bond motifs is 1. The summed E-state index contributed by atoms with van der Waals surface area (Å²) in [7, 11) is 3.82. The molecule has 0 aliphatic rings. The molecule has 0 spiro atoms. The maximum absolute atomic E-state index is 6.10. The molecule has 2 rings (SSSR count). The zero-order valence-electron chi connectivity index (χ0n) is 8.43. The highest BCUT2D eigenvalue weighted by molar-refractivity contribution is 6.35. The Morgan fingerprint density at radius 1 is 1.43 bits per heavy atom. The number of hydrogen-bond donors (Lipinski definition) is 1. The average molecular weight is 210 g/mol. The van der Waals surface area contributed by atoms with Crippen LogP contribution in [-0.4, -0.2) is 16.6 Å². The van der Waals surface area contributed by atoms with Crippen LogP contribution in [0.2, 0.25) is 5.02 Å². The van der Waals surface area contributed by atoms with Crippen LogP contribution in [0.1, 0.15) is 5.56 Å². The van der Waals surface area contributed by atoms with E-state index in [4.69, 9.17) is 11.6 Å². The highest BCUT2D eigenvalue weighted by atomic mass is 35.5. The third kappa shape index (κ3) is 1.24. The number of nitrogens with one attached hydrogen (secondary N) is 1. The first-order chi connectivity index (χ1) is 6.63. The monoisotopic (exact) mass is 209 g/mol. The van der Waals surface area contributed by atoms with Crippen molar-refractivity contribution in [2.75, 3.05) is 12.4 Å². The van der Waals surface area contributed by atoms with Gasteiger partial charge in [-0.05, 0) is 24.6 Å². The second-order valence-corrected chi connectivity index (χ2v) is 3.77. The molecule has 1 heterocycles. The Balaban J connectivity index is 2.85. The van der Waals surface area contributed by atoms with Crippen molar-refractivity contribution >= 4 is 28.6 Å². The van der Waals surface area contributed by atoms with Gasteiger partial charge < -0.3 is 9.88 Å². The summed E-state index contributed by atoms with van der Waals surface area (Å²) in [5.74, 6) is 0.826. The summed E-state index contributed by atoms with van der Waals surface area (Å²) in [6, 6.07) is 4.01. The Hall–Kier alpha value is -1.22. The van der Waals surface area contributed by atoms with Gasteiger partial charge in [-0.15, -0.1) is 0 Å². The van der Waals surface area contributed by atoms with Crippen molar-refractivity contribution in [1.82, 2.24) is 9.55 Å². The van der Waals surface area contributed by atoms with Gasteiger partial charge in [-0.2, -0.15) is 0 Å². The highest BCUT2D eigenvalue weighted by Crippen LogP contribution is 2.26. The van der Waals surface area contributed by atoms with Crippen molar-refractivity contribution in [3.8, 4) is 0 Å². The number of rotatable bonds is 1. The van der Waals surface area contributed by atoms with E-state index < -0.39 is 0 Å². The lowest BCUT2D eigenvalue weighted by molar-refractivity contribution is 0.952. The van der Waals surface area contributed by atoms with Crippen LogP contribution in [0.15, 0.2) is 12.1 Å². The molecule has 0 atom stereocenters. The number of benzene rings is 1. The van der Waals surface area contributed by atoms with E-state index in [9.17, 15) is 0 Å². The van der Waals surface area contributed by atoms with Crippen molar-refractivity contribution in [3.63, 3.8) is 0 Å². The minimum Gasteiger partial charge on any atom is -0.359 e. The first-order valence-electron chi connectivity index (χ1n) is 4.44. The number of imidazole rings is 1. The van der Waals surface area contributed by atoms with E-state index in [1.54, 1.807) is 0 Å². The number of aromatic nitrogens is 2. The van der Waals surface area contributed by atoms with Crippen molar-refractivity contribution in [3.05, 3.63) is 22.7 Å². The van der Waals surface area contributed by atoms with Crippen LogP contribution < -0.4 is 5.32 Å². The van der Waals surface area contributed by atoms with Gasteiger partial charge >= 0.3 is 0 Å². The molecule has 0 amide bonds. The summed E-state index contributed by atoms with van der Waals surface area (Å²) in [4.78, 5) is 4.39. The minimum absolute atomic E-state index is 0.706. The van der Waals surface area contributed by atoms with Gasteiger partial charge in [0.25, 0.3) is 0 Å². The molecule has 2 aromatic rings. The van der Waals surface area contributed by atoms with Crippen LogP contribution in [0.3, 0.4) is 0 Å². The van der Waals surface area contributed by atoms with Gasteiger partial charge in [-0.1, -0.05) is 11.6 Å². The molecule has 0 aliphatic heterocycles. The smallest absolute Gasteiger partial charge is 0.203 e.